The summed E-state index contributed by atoms with van der Waals surface area (Å²) < 4.78 is 10.0. The first kappa shape index (κ1) is 122. The molecule has 0 spiro atoms. The van der Waals surface area contributed by atoms with Crippen LogP contribution in [-0.2, 0) is 122 Å². The van der Waals surface area contributed by atoms with E-state index in [1.54, 1.807) is 86.1 Å². The standard InChI is InChI=1S/2C19H13N4.3C15H12N3.C6H5NO2.4C5H12O2.5Ir/c1-3-8-15(9-4-1)18-21-22-19(16-10-5-2-6-11-16)23(18)17-12-7-13-20-14-17;1-3-7-15(8-4-1)18-21-22-19(16-9-5-2-6-10-16)23(18)17-11-13-20-14-12-17;3*1-18-14(12-8-4-2-5-9-12)16-17-15(18)13-10-6-3-7-11-13;8-6(9)5-3-1-2-4-7-5;4*1-4(6)3-5(2)7;;;;;/h1-10,12-14H;1-9,11-14H;3*2-10H,1H3;1-4H,(H,8,9);4*4-7H,3H2,1-2H3;;;;;/q5*-1;;;;;;;;;;. The molecule has 0 bridgehead atoms. The number of rotatable bonds is 21. The fourth-order valence-corrected chi connectivity index (χ4v) is 13.3. The summed E-state index contributed by atoms with van der Waals surface area (Å²) in [5.41, 5.74) is 11.8. The van der Waals surface area contributed by atoms with E-state index in [4.69, 9.17) is 46.0 Å². The Hall–Kier alpha value is -12.3. The van der Waals surface area contributed by atoms with E-state index in [-0.39, 0.29) is 155 Å². The van der Waals surface area contributed by atoms with Crippen molar-refractivity contribution in [2.75, 3.05) is 0 Å². The third kappa shape index (κ3) is 40.6. The van der Waals surface area contributed by atoms with E-state index in [0.29, 0.717) is 25.7 Å². The van der Waals surface area contributed by atoms with Gasteiger partial charge in [0.15, 0.2) is 29.1 Å². The van der Waals surface area contributed by atoms with Crippen LogP contribution in [0.5, 0.6) is 0 Å². The molecule has 8 unspecified atom stereocenters. The van der Waals surface area contributed by atoms with E-state index < -0.39 is 5.97 Å². The van der Waals surface area contributed by atoms with Gasteiger partial charge in [-0.1, -0.05) is 158 Å². The third-order valence-electron chi connectivity index (χ3n) is 19.3. The minimum Gasteiger partial charge on any atom is -0.477 e. The fraction of sp³-hybridized carbons (Fsp3) is 0.211. The Bertz CT molecular complexity index is 5560. The van der Waals surface area contributed by atoms with Crippen molar-refractivity contribution in [3.05, 3.63) is 382 Å². The van der Waals surface area contributed by atoms with Gasteiger partial charge < -0.3 is 68.8 Å². The normalized spacial score (nSPS) is 11.7. The number of carboxylic acids is 1. The van der Waals surface area contributed by atoms with Crippen LogP contribution in [0.25, 0.3) is 125 Å². The summed E-state index contributed by atoms with van der Waals surface area (Å²) in [6, 6.07) is 118. The first-order chi connectivity index (χ1) is 66.3. The molecule has 0 aliphatic heterocycles. The minimum absolute atomic E-state index is 0. The largest absolute Gasteiger partial charge is 0.477 e. The van der Waals surface area contributed by atoms with Gasteiger partial charge in [-0.25, -0.2) is 9.78 Å². The van der Waals surface area contributed by atoms with E-state index in [0.717, 1.165) is 125 Å². The van der Waals surface area contributed by atoms with Gasteiger partial charge in [-0.15, -0.1) is 205 Å². The maximum Gasteiger partial charge on any atom is 0.354 e. The van der Waals surface area contributed by atoms with Gasteiger partial charge in [0.05, 0.1) is 89.8 Å². The summed E-state index contributed by atoms with van der Waals surface area (Å²) in [5.74, 6) is 7.17. The van der Waals surface area contributed by atoms with Gasteiger partial charge in [0.2, 0.25) is 0 Å². The summed E-state index contributed by atoms with van der Waals surface area (Å²) >= 11 is 0. The zero-order valence-corrected chi connectivity index (χ0v) is 92.0. The van der Waals surface area contributed by atoms with Gasteiger partial charge >= 0.3 is 5.97 Å². The molecule has 18 aromatic rings. The average molecular weight is 2800 g/mol. The number of aliphatic hydroxyl groups is 8. The maximum absolute atomic E-state index is 10.1. The maximum atomic E-state index is 10.1. The predicted octanol–water partition coefficient (Wildman–Crippen LogP) is 17.8. The molecule has 0 fully saturated rings. The smallest absolute Gasteiger partial charge is 0.354 e. The van der Waals surface area contributed by atoms with Crippen LogP contribution in [0.2, 0.25) is 0 Å². The number of carboxylic acid groups (broad SMARTS) is 1. The van der Waals surface area contributed by atoms with E-state index in [1.165, 1.54) is 12.3 Å². The molecule has 142 heavy (non-hydrogen) atoms. The summed E-state index contributed by atoms with van der Waals surface area (Å²) in [5, 5.41) is 120. The third-order valence-corrected chi connectivity index (χ3v) is 19.3. The molecule has 0 aliphatic rings. The molecule has 0 aliphatic carbocycles. The first-order valence-electron chi connectivity index (χ1n) is 44.4. The number of aromatic carboxylic acids is 1. The number of hydrogen-bond acceptors (Lipinski definition) is 22. The van der Waals surface area contributed by atoms with Crippen molar-refractivity contribution in [1.29, 1.82) is 0 Å². The molecule has 28 nitrogen and oxygen atoms in total. The fourth-order valence-electron chi connectivity index (χ4n) is 13.3. The molecule has 8 heterocycles. The van der Waals surface area contributed by atoms with Crippen molar-refractivity contribution in [1.82, 2.24) is 88.8 Å². The van der Waals surface area contributed by atoms with Crippen molar-refractivity contribution in [2.24, 2.45) is 21.1 Å². The molecule has 751 valence electrons. The quantitative estimate of drug-likeness (QED) is 0.0302. The van der Waals surface area contributed by atoms with Crippen molar-refractivity contribution in [2.45, 2.75) is 130 Å². The number of nitrogens with zero attached hydrogens (tertiary/aromatic N) is 18. The summed E-state index contributed by atoms with van der Waals surface area (Å²) in [6.07, 6.45) is 7.43. The summed E-state index contributed by atoms with van der Waals surface area (Å²) in [4.78, 5) is 22.0. The number of pyridine rings is 3. The molecule has 0 saturated heterocycles. The molecule has 5 radical (unpaired) electrons. The second-order valence-corrected chi connectivity index (χ2v) is 31.5. The van der Waals surface area contributed by atoms with Crippen LogP contribution in [0.15, 0.2) is 346 Å². The number of hydrogen-bond donors (Lipinski definition) is 9. The van der Waals surface area contributed by atoms with Gasteiger partial charge in [-0.3, -0.25) is 9.97 Å². The summed E-state index contributed by atoms with van der Waals surface area (Å²) in [6.45, 7) is 13.3. The van der Waals surface area contributed by atoms with Gasteiger partial charge in [0.25, 0.3) is 0 Å². The van der Waals surface area contributed by atoms with Crippen LogP contribution >= 0.6 is 0 Å². The van der Waals surface area contributed by atoms with E-state index in [2.05, 4.69) is 96.3 Å². The molecular weight excluding hydrogens is 2680 g/mol. The van der Waals surface area contributed by atoms with Gasteiger partial charge in [-0.05, 0) is 117 Å². The molecular formula is C109H115Ir5N18O10-5. The van der Waals surface area contributed by atoms with Crippen molar-refractivity contribution < 1.29 is 151 Å². The number of carbonyl (C=O) groups is 1. The number of aromatic nitrogens is 18. The monoisotopic (exact) mass is 2800 g/mol. The zero-order chi connectivity index (χ0) is 98.2. The van der Waals surface area contributed by atoms with E-state index in [1.807, 2.05) is 347 Å². The Labute approximate surface area is 897 Å². The molecule has 0 amide bonds. The second kappa shape index (κ2) is 66.5. The topological polar surface area (TPSA) is 391 Å². The van der Waals surface area contributed by atoms with Crippen molar-refractivity contribution in [3.63, 3.8) is 0 Å². The van der Waals surface area contributed by atoms with Crippen molar-refractivity contribution in [3.8, 4) is 125 Å². The first-order valence-corrected chi connectivity index (χ1v) is 44.4. The van der Waals surface area contributed by atoms with Crippen LogP contribution in [0, 0.1) is 30.3 Å². The molecule has 9 N–H and O–H groups in total. The molecule has 10 aromatic carbocycles. The second-order valence-electron chi connectivity index (χ2n) is 31.5. The average Bonchev–Trinajstić information content (AvgIpc) is 1.63. The summed E-state index contributed by atoms with van der Waals surface area (Å²) in [7, 11) is 5.91. The van der Waals surface area contributed by atoms with Gasteiger partial charge in [-0.2, -0.15) is 25.5 Å². The molecule has 18 rings (SSSR count). The number of benzene rings is 10. The van der Waals surface area contributed by atoms with E-state index >= 15 is 0 Å². The molecule has 33 heteroatoms. The Morgan fingerprint density at radius 2 is 0.493 bits per heavy atom. The predicted molar refractivity (Wildman–Crippen MR) is 533 cm³/mol. The van der Waals surface area contributed by atoms with Crippen LogP contribution < -0.4 is 0 Å². The van der Waals surface area contributed by atoms with Crippen LogP contribution in [0.3, 0.4) is 0 Å². The van der Waals surface area contributed by atoms with Crippen molar-refractivity contribution >= 4 is 5.97 Å². The SMILES string of the molecule is CC(O)CC(C)O.CC(O)CC(C)O.CC(O)CC(C)O.CC(O)CC(C)O.Cn1c(-c2[c-]cccc2)nnc1-c1ccccc1.Cn1c(-c2[c-]cccc2)nnc1-c1ccccc1.Cn1c(-c2[c-]cccc2)nnc1-c1ccccc1.O=C(O)c1ccccn1.[Ir].[Ir].[Ir].[Ir].[Ir].[c-]1ccccc1-c1nnc(-c2ccccc2)n1-c1cccnc1.[c-]1ccccc1-c1nnc(-c2ccccc2)n1-c1ccncc1. The Morgan fingerprint density at radius 3 is 0.718 bits per heavy atom. The number of aliphatic hydroxyl groups excluding tert-OH is 8. The minimum atomic E-state index is -0.990. The molecule has 8 atom stereocenters. The zero-order valence-electron chi connectivity index (χ0n) is 80.0. The Balaban J connectivity index is 0.000000338. The van der Waals surface area contributed by atoms with Gasteiger partial charge in [0, 0.05) is 180 Å². The molecule has 0 saturated carbocycles. The Kier molecular flexibility index (Phi) is 57.2. The van der Waals surface area contributed by atoms with Gasteiger partial charge in [0.1, 0.15) is 5.69 Å². The molecule has 8 aromatic heterocycles. The Morgan fingerprint density at radius 1 is 0.254 bits per heavy atom. The van der Waals surface area contributed by atoms with E-state index in [9.17, 15) is 4.79 Å². The van der Waals surface area contributed by atoms with Crippen LogP contribution in [0.1, 0.15) is 91.6 Å². The van der Waals surface area contributed by atoms with Crippen LogP contribution in [0.4, 0.5) is 0 Å². The van der Waals surface area contributed by atoms with Crippen LogP contribution in [-0.4, -0.2) is 190 Å².